The summed E-state index contributed by atoms with van der Waals surface area (Å²) in [5.41, 5.74) is 5.17. The lowest BCUT2D eigenvalue weighted by Gasteiger charge is -2.26. The Hall–Kier alpha value is -2.58. The van der Waals surface area contributed by atoms with Crippen LogP contribution in [-0.2, 0) is 11.2 Å². The summed E-state index contributed by atoms with van der Waals surface area (Å²) in [6.45, 7) is 0.814. The fourth-order valence-corrected chi connectivity index (χ4v) is 3.71. The first-order chi connectivity index (χ1) is 12.3. The highest BCUT2D eigenvalue weighted by Gasteiger charge is 2.25. The van der Waals surface area contributed by atoms with Gasteiger partial charge in [-0.25, -0.2) is 4.68 Å². The van der Waals surface area contributed by atoms with Crippen LogP contribution < -0.4 is 4.74 Å². The Labute approximate surface area is 147 Å². The van der Waals surface area contributed by atoms with Gasteiger partial charge in [-0.3, -0.25) is 0 Å². The molecule has 0 saturated carbocycles. The number of rotatable bonds is 3. The number of fused-ring (bicyclic) bond motifs is 1. The molecule has 1 fully saturated rings. The van der Waals surface area contributed by atoms with Crippen LogP contribution in [0.25, 0.3) is 5.57 Å². The molecule has 25 heavy (non-hydrogen) atoms. The van der Waals surface area contributed by atoms with Gasteiger partial charge in [-0.2, -0.15) is 10.4 Å². The zero-order valence-corrected chi connectivity index (χ0v) is 14.4. The first-order valence-electron chi connectivity index (χ1n) is 8.79. The number of nitriles is 1. The normalized spacial score (nSPS) is 19.7. The molecule has 0 N–H and O–H groups in total. The van der Waals surface area contributed by atoms with Gasteiger partial charge >= 0.3 is 0 Å². The third-order valence-electron chi connectivity index (χ3n) is 4.98. The van der Waals surface area contributed by atoms with Crippen LogP contribution in [0.2, 0.25) is 0 Å². The summed E-state index contributed by atoms with van der Waals surface area (Å²) in [6.07, 6.45) is 9.56. The third-order valence-corrected chi connectivity index (χ3v) is 4.98. The number of methoxy groups -OCH3 is 1. The molecule has 128 valence electrons. The monoisotopic (exact) mass is 335 g/mol. The van der Waals surface area contributed by atoms with Crippen molar-refractivity contribution in [2.45, 2.75) is 38.3 Å². The Morgan fingerprint density at radius 3 is 3.04 bits per heavy atom. The maximum atomic E-state index is 9.18. The summed E-state index contributed by atoms with van der Waals surface area (Å²) >= 11 is 0. The summed E-state index contributed by atoms with van der Waals surface area (Å²) in [6, 6.07) is 7.90. The van der Waals surface area contributed by atoms with Crippen molar-refractivity contribution in [2.24, 2.45) is 0 Å². The maximum absolute atomic E-state index is 9.18. The third kappa shape index (κ3) is 2.83. The average Bonchev–Trinajstić information content (AvgIpc) is 3.12. The fraction of sp³-hybridized carbons (Fsp3) is 0.400. The molecule has 5 nitrogen and oxygen atoms in total. The van der Waals surface area contributed by atoms with Crippen LogP contribution in [-0.4, -0.2) is 23.5 Å². The highest BCUT2D eigenvalue weighted by molar-refractivity contribution is 5.82. The molecule has 2 aromatic rings. The Bertz CT molecular complexity index is 854. The van der Waals surface area contributed by atoms with Crippen LogP contribution in [0.5, 0.6) is 5.75 Å². The summed E-state index contributed by atoms with van der Waals surface area (Å²) in [5.74, 6) is 0.607. The van der Waals surface area contributed by atoms with E-state index < -0.39 is 0 Å². The van der Waals surface area contributed by atoms with Crippen LogP contribution in [0.3, 0.4) is 0 Å². The number of aromatic nitrogens is 2. The van der Waals surface area contributed by atoms with Crippen LogP contribution in [0.1, 0.15) is 54.3 Å². The SMILES string of the molecule is COc1cc(C2=CCCc3c2cnn3C2CCCCO2)ccc1C#N. The first-order valence-corrected chi connectivity index (χ1v) is 8.79. The smallest absolute Gasteiger partial charge is 0.150 e. The van der Waals surface area contributed by atoms with Crippen molar-refractivity contribution in [1.29, 1.82) is 5.26 Å². The predicted octanol–water partition coefficient (Wildman–Crippen LogP) is 3.84. The Kier molecular flexibility index (Phi) is 4.29. The van der Waals surface area contributed by atoms with Crippen molar-refractivity contribution in [3.05, 3.63) is 52.9 Å². The molecule has 0 radical (unpaired) electrons. The summed E-state index contributed by atoms with van der Waals surface area (Å²) in [7, 11) is 1.60. The minimum atomic E-state index is 0.0624. The molecule has 1 aromatic carbocycles. The summed E-state index contributed by atoms with van der Waals surface area (Å²) in [5, 5.41) is 13.8. The van der Waals surface area contributed by atoms with E-state index in [1.807, 2.05) is 24.4 Å². The van der Waals surface area contributed by atoms with Gasteiger partial charge in [-0.05, 0) is 55.4 Å². The lowest BCUT2D eigenvalue weighted by molar-refractivity contribution is -0.0411. The second-order valence-corrected chi connectivity index (χ2v) is 6.45. The molecule has 4 rings (SSSR count). The number of benzene rings is 1. The van der Waals surface area contributed by atoms with Gasteiger partial charge in [0.25, 0.3) is 0 Å². The van der Waals surface area contributed by atoms with Gasteiger partial charge in [0.1, 0.15) is 18.0 Å². The maximum Gasteiger partial charge on any atom is 0.150 e. The first kappa shape index (κ1) is 15.9. The Morgan fingerprint density at radius 1 is 1.36 bits per heavy atom. The minimum Gasteiger partial charge on any atom is -0.495 e. The number of allylic oxidation sites excluding steroid dienone is 1. The number of ether oxygens (including phenoxy) is 2. The van der Waals surface area contributed by atoms with Gasteiger partial charge in [0.05, 0.1) is 18.9 Å². The topological polar surface area (TPSA) is 60.1 Å². The molecule has 1 aliphatic carbocycles. The van der Waals surface area contributed by atoms with Crippen LogP contribution in [0.4, 0.5) is 0 Å². The second-order valence-electron chi connectivity index (χ2n) is 6.45. The van der Waals surface area contributed by atoms with Gasteiger partial charge in [0.15, 0.2) is 0 Å². The van der Waals surface area contributed by atoms with Crippen molar-refractivity contribution >= 4 is 5.57 Å². The van der Waals surface area contributed by atoms with E-state index in [9.17, 15) is 5.26 Å². The van der Waals surface area contributed by atoms with Crippen LogP contribution in [0, 0.1) is 11.3 Å². The molecule has 0 amide bonds. The van der Waals surface area contributed by atoms with Crippen LogP contribution >= 0.6 is 0 Å². The average molecular weight is 335 g/mol. The molecule has 1 saturated heterocycles. The van der Waals surface area contributed by atoms with E-state index in [4.69, 9.17) is 9.47 Å². The molecule has 1 aliphatic heterocycles. The van der Waals surface area contributed by atoms with Crippen molar-refractivity contribution in [1.82, 2.24) is 9.78 Å². The van der Waals surface area contributed by atoms with Gasteiger partial charge in [0, 0.05) is 17.9 Å². The molecule has 1 aromatic heterocycles. The lowest BCUT2D eigenvalue weighted by Crippen LogP contribution is -2.21. The molecule has 1 unspecified atom stereocenters. The molecule has 0 spiro atoms. The fourth-order valence-electron chi connectivity index (χ4n) is 3.71. The molecule has 5 heteroatoms. The molecule has 1 atom stereocenters. The summed E-state index contributed by atoms with van der Waals surface area (Å²) in [4.78, 5) is 0. The largest absolute Gasteiger partial charge is 0.495 e. The Balaban J connectivity index is 1.71. The quantitative estimate of drug-likeness (QED) is 0.855. The van der Waals surface area contributed by atoms with E-state index >= 15 is 0 Å². The Morgan fingerprint density at radius 2 is 2.28 bits per heavy atom. The van der Waals surface area contributed by atoms with Crippen LogP contribution in [0.15, 0.2) is 30.5 Å². The van der Waals surface area contributed by atoms with E-state index in [2.05, 4.69) is 21.9 Å². The van der Waals surface area contributed by atoms with E-state index in [0.29, 0.717) is 11.3 Å². The number of nitrogens with zero attached hydrogens (tertiary/aromatic N) is 3. The lowest BCUT2D eigenvalue weighted by atomic mass is 9.90. The molecular weight excluding hydrogens is 314 g/mol. The van der Waals surface area contributed by atoms with Gasteiger partial charge in [-0.15, -0.1) is 0 Å². The van der Waals surface area contributed by atoms with E-state index in [1.165, 1.54) is 12.1 Å². The zero-order valence-electron chi connectivity index (χ0n) is 14.4. The predicted molar refractivity (Wildman–Crippen MR) is 94.2 cm³/mol. The van der Waals surface area contributed by atoms with E-state index in [0.717, 1.165) is 49.0 Å². The molecule has 2 aliphatic rings. The molecular formula is C20H21N3O2. The second kappa shape index (κ2) is 6.73. The standard InChI is InChI=1S/C20H21N3O2/c1-24-19-11-14(8-9-15(19)12-21)16-5-4-6-18-17(16)13-22-23(18)20-7-2-3-10-25-20/h5,8-9,11,13,20H,2-4,6-7,10H2,1H3. The summed E-state index contributed by atoms with van der Waals surface area (Å²) < 4.78 is 13.4. The number of hydrogen-bond acceptors (Lipinski definition) is 4. The van der Waals surface area contributed by atoms with E-state index in [-0.39, 0.29) is 6.23 Å². The van der Waals surface area contributed by atoms with E-state index in [1.54, 1.807) is 7.11 Å². The van der Waals surface area contributed by atoms with Crippen molar-refractivity contribution in [3.8, 4) is 11.8 Å². The molecule has 0 bridgehead atoms. The van der Waals surface area contributed by atoms with Gasteiger partial charge < -0.3 is 9.47 Å². The van der Waals surface area contributed by atoms with Gasteiger partial charge in [0.2, 0.25) is 0 Å². The zero-order chi connectivity index (χ0) is 17.2. The van der Waals surface area contributed by atoms with Crippen molar-refractivity contribution in [2.75, 3.05) is 13.7 Å². The van der Waals surface area contributed by atoms with Gasteiger partial charge in [-0.1, -0.05) is 12.1 Å². The highest BCUT2D eigenvalue weighted by Crippen LogP contribution is 2.36. The highest BCUT2D eigenvalue weighted by atomic mass is 16.5. The van der Waals surface area contributed by atoms with Crippen molar-refractivity contribution < 1.29 is 9.47 Å². The molecule has 2 heterocycles. The van der Waals surface area contributed by atoms with Crippen molar-refractivity contribution in [3.63, 3.8) is 0 Å². The number of hydrogen-bond donors (Lipinski definition) is 0. The minimum absolute atomic E-state index is 0.0624.